The molecule has 0 spiro atoms. The van der Waals surface area contributed by atoms with Crippen molar-refractivity contribution in [2.45, 2.75) is 45.2 Å². The van der Waals surface area contributed by atoms with Gasteiger partial charge in [-0.2, -0.15) is 0 Å². The summed E-state index contributed by atoms with van der Waals surface area (Å²) in [4.78, 5) is 23.0. The fourth-order valence-electron chi connectivity index (χ4n) is 3.04. The van der Waals surface area contributed by atoms with Crippen molar-refractivity contribution >= 4 is 5.91 Å². The molecule has 0 radical (unpaired) electrons. The predicted octanol–water partition coefficient (Wildman–Crippen LogP) is 0.915. The molecule has 1 aliphatic heterocycles. The Labute approximate surface area is 147 Å². The van der Waals surface area contributed by atoms with E-state index in [-0.39, 0.29) is 11.9 Å². The SMILES string of the molecule is CC(Cc1cnccn1)NC(=O)c1cn(CCN2CCCCC2)nn1. The summed E-state index contributed by atoms with van der Waals surface area (Å²) in [6, 6.07) is -0.0531. The molecule has 1 N–H and O–H groups in total. The Morgan fingerprint density at radius 3 is 2.84 bits per heavy atom. The summed E-state index contributed by atoms with van der Waals surface area (Å²) in [6.07, 6.45) is 11.2. The number of nitrogens with zero attached hydrogens (tertiary/aromatic N) is 6. The number of rotatable bonds is 7. The fourth-order valence-corrected chi connectivity index (χ4v) is 3.04. The van der Waals surface area contributed by atoms with Crippen LogP contribution in [-0.2, 0) is 13.0 Å². The van der Waals surface area contributed by atoms with Gasteiger partial charge < -0.3 is 10.2 Å². The van der Waals surface area contributed by atoms with Crippen molar-refractivity contribution in [1.29, 1.82) is 0 Å². The zero-order valence-corrected chi connectivity index (χ0v) is 14.6. The summed E-state index contributed by atoms with van der Waals surface area (Å²) in [7, 11) is 0. The number of amides is 1. The van der Waals surface area contributed by atoms with Gasteiger partial charge in [-0.1, -0.05) is 11.6 Å². The number of hydrogen-bond donors (Lipinski definition) is 1. The maximum Gasteiger partial charge on any atom is 0.273 e. The highest BCUT2D eigenvalue weighted by Gasteiger charge is 2.15. The van der Waals surface area contributed by atoms with Crippen LogP contribution < -0.4 is 5.32 Å². The predicted molar refractivity (Wildman–Crippen MR) is 93.0 cm³/mol. The Morgan fingerprint density at radius 2 is 2.08 bits per heavy atom. The molecule has 25 heavy (non-hydrogen) atoms. The summed E-state index contributed by atoms with van der Waals surface area (Å²) < 4.78 is 1.75. The van der Waals surface area contributed by atoms with E-state index < -0.39 is 0 Å². The van der Waals surface area contributed by atoms with E-state index in [9.17, 15) is 4.79 Å². The highest BCUT2D eigenvalue weighted by atomic mass is 16.2. The van der Waals surface area contributed by atoms with Crippen LogP contribution in [0.4, 0.5) is 0 Å². The van der Waals surface area contributed by atoms with Gasteiger partial charge in [-0.05, 0) is 32.9 Å². The van der Waals surface area contributed by atoms with Gasteiger partial charge in [-0.3, -0.25) is 19.4 Å². The zero-order chi connectivity index (χ0) is 17.5. The van der Waals surface area contributed by atoms with Gasteiger partial charge in [0.1, 0.15) is 0 Å². The summed E-state index contributed by atoms with van der Waals surface area (Å²) in [6.45, 7) is 5.96. The van der Waals surface area contributed by atoms with Crippen LogP contribution in [0, 0.1) is 0 Å². The molecule has 2 aromatic heterocycles. The maximum atomic E-state index is 12.3. The van der Waals surface area contributed by atoms with Crippen LogP contribution >= 0.6 is 0 Å². The molecule has 0 aromatic carbocycles. The van der Waals surface area contributed by atoms with Crippen LogP contribution in [0.25, 0.3) is 0 Å². The Morgan fingerprint density at radius 1 is 1.24 bits per heavy atom. The smallest absolute Gasteiger partial charge is 0.273 e. The molecule has 1 aliphatic rings. The molecule has 0 bridgehead atoms. The molecule has 2 aromatic rings. The van der Waals surface area contributed by atoms with Crippen molar-refractivity contribution in [3.05, 3.63) is 36.2 Å². The second-order valence-corrected chi connectivity index (χ2v) is 6.54. The molecule has 1 unspecified atom stereocenters. The number of carbonyl (C=O) groups is 1. The number of piperidine rings is 1. The lowest BCUT2D eigenvalue weighted by Crippen LogP contribution is -2.34. The lowest BCUT2D eigenvalue weighted by molar-refractivity contribution is 0.0935. The van der Waals surface area contributed by atoms with Gasteiger partial charge in [0.25, 0.3) is 5.91 Å². The first-order valence-electron chi connectivity index (χ1n) is 8.89. The Balaban J connectivity index is 1.46. The first kappa shape index (κ1) is 17.5. The van der Waals surface area contributed by atoms with Crippen LogP contribution in [0.1, 0.15) is 42.4 Å². The molecular weight excluding hydrogens is 318 g/mol. The van der Waals surface area contributed by atoms with Crippen molar-refractivity contribution in [2.24, 2.45) is 0 Å². The fraction of sp³-hybridized carbons (Fsp3) is 0.588. The van der Waals surface area contributed by atoms with Gasteiger partial charge in [0, 0.05) is 37.6 Å². The third-order valence-electron chi connectivity index (χ3n) is 4.37. The first-order valence-corrected chi connectivity index (χ1v) is 8.89. The molecule has 1 atom stereocenters. The standard InChI is InChI=1S/C17H25N7O/c1-14(11-15-12-18-5-6-19-15)20-17(25)16-13-24(22-21-16)10-9-23-7-3-2-4-8-23/h5-6,12-14H,2-4,7-11H2,1H3,(H,20,25). The summed E-state index contributed by atoms with van der Waals surface area (Å²) in [5.74, 6) is -0.208. The molecule has 0 aliphatic carbocycles. The Hall–Kier alpha value is -2.35. The van der Waals surface area contributed by atoms with E-state index in [2.05, 4.69) is 30.5 Å². The minimum absolute atomic E-state index is 0.0531. The molecule has 1 fully saturated rings. The van der Waals surface area contributed by atoms with E-state index >= 15 is 0 Å². The Bertz CT molecular complexity index is 667. The quantitative estimate of drug-likeness (QED) is 0.804. The highest BCUT2D eigenvalue weighted by Crippen LogP contribution is 2.08. The number of likely N-dealkylation sites (tertiary alicyclic amines) is 1. The van der Waals surface area contributed by atoms with Crippen molar-refractivity contribution in [3.8, 4) is 0 Å². The van der Waals surface area contributed by atoms with Crippen molar-refractivity contribution in [1.82, 2.24) is 35.2 Å². The van der Waals surface area contributed by atoms with Gasteiger partial charge in [0.15, 0.2) is 5.69 Å². The van der Waals surface area contributed by atoms with Gasteiger partial charge in [0.2, 0.25) is 0 Å². The normalized spacial score (nSPS) is 16.5. The van der Waals surface area contributed by atoms with Crippen LogP contribution in [0.2, 0.25) is 0 Å². The number of carbonyl (C=O) groups excluding carboxylic acids is 1. The molecule has 0 saturated carbocycles. The summed E-state index contributed by atoms with van der Waals surface area (Å²) >= 11 is 0. The second kappa shape index (κ2) is 8.66. The van der Waals surface area contributed by atoms with E-state index in [1.165, 1.54) is 19.3 Å². The molecule has 134 valence electrons. The van der Waals surface area contributed by atoms with E-state index in [1.54, 1.807) is 29.5 Å². The third-order valence-corrected chi connectivity index (χ3v) is 4.37. The highest BCUT2D eigenvalue weighted by molar-refractivity contribution is 5.92. The minimum atomic E-state index is -0.208. The average Bonchev–Trinajstić information content (AvgIpc) is 3.11. The van der Waals surface area contributed by atoms with E-state index in [4.69, 9.17) is 0 Å². The first-order chi connectivity index (χ1) is 12.2. The van der Waals surface area contributed by atoms with Crippen molar-refractivity contribution < 1.29 is 4.79 Å². The minimum Gasteiger partial charge on any atom is -0.348 e. The zero-order valence-electron chi connectivity index (χ0n) is 14.6. The van der Waals surface area contributed by atoms with E-state index in [0.29, 0.717) is 12.1 Å². The topological polar surface area (TPSA) is 88.8 Å². The molecule has 1 saturated heterocycles. The number of nitrogens with one attached hydrogen (secondary N) is 1. The second-order valence-electron chi connectivity index (χ2n) is 6.54. The van der Waals surface area contributed by atoms with Gasteiger partial charge >= 0.3 is 0 Å². The largest absolute Gasteiger partial charge is 0.348 e. The van der Waals surface area contributed by atoms with Crippen LogP contribution in [0.3, 0.4) is 0 Å². The van der Waals surface area contributed by atoms with Gasteiger partial charge in [0.05, 0.1) is 18.4 Å². The van der Waals surface area contributed by atoms with Crippen LogP contribution in [0.15, 0.2) is 24.8 Å². The maximum absolute atomic E-state index is 12.3. The molecule has 3 heterocycles. The van der Waals surface area contributed by atoms with E-state index in [0.717, 1.165) is 31.9 Å². The number of hydrogen-bond acceptors (Lipinski definition) is 6. The lowest BCUT2D eigenvalue weighted by Gasteiger charge is -2.25. The molecule has 8 nitrogen and oxygen atoms in total. The van der Waals surface area contributed by atoms with Crippen LogP contribution in [-0.4, -0.2) is 61.4 Å². The average molecular weight is 343 g/mol. The third kappa shape index (κ3) is 5.32. The van der Waals surface area contributed by atoms with E-state index in [1.807, 2.05) is 6.92 Å². The lowest BCUT2D eigenvalue weighted by atomic mass is 10.1. The summed E-state index contributed by atoms with van der Waals surface area (Å²) in [5, 5.41) is 11.0. The van der Waals surface area contributed by atoms with Crippen molar-refractivity contribution in [2.75, 3.05) is 19.6 Å². The van der Waals surface area contributed by atoms with Crippen molar-refractivity contribution in [3.63, 3.8) is 0 Å². The monoisotopic (exact) mass is 343 g/mol. The molecule has 1 amide bonds. The number of aromatic nitrogens is 5. The van der Waals surface area contributed by atoms with Gasteiger partial charge in [-0.25, -0.2) is 0 Å². The Kier molecular flexibility index (Phi) is 6.05. The molecular formula is C17H25N7O. The van der Waals surface area contributed by atoms with Gasteiger partial charge in [-0.15, -0.1) is 5.10 Å². The molecule has 8 heteroatoms. The summed E-state index contributed by atoms with van der Waals surface area (Å²) in [5.41, 5.74) is 1.20. The molecule has 3 rings (SSSR count). The van der Waals surface area contributed by atoms with Crippen LogP contribution in [0.5, 0.6) is 0 Å².